The van der Waals surface area contributed by atoms with Crippen molar-refractivity contribution >= 4 is 28.4 Å². The fourth-order valence-corrected chi connectivity index (χ4v) is 4.87. The predicted octanol–water partition coefficient (Wildman–Crippen LogP) is 6.85. The van der Waals surface area contributed by atoms with Crippen LogP contribution in [0.4, 0.5) is 18.3 Å². The molecule has 12 heteroatoms. The summed E-state index contributed by atoms with van der Waals surface area (Å²) in [6.45, 7) is 0.367. The number of hydrogen-bond donors (Lipinski definition) is 2. The third-order valence-corrected chi connectivity index (χ3v) is 6.71. The van der Waals surface area contributed by atoms with Gasteiger partial charge in [-0.3, -0.25) is 15.6 Å². The standard InChI is InChI=1S/C24H19F3N4O3S2/c25-24(26,27)15-4-7-20(18(13-15)19-3-1-2-9-28-19)34-21-8-11-33-22-14-16(5-6-17(21)22)36-31(32)30-23-29-10-12-35-23/h1-7,9-10,12-14,21,32H,8,11H2,(H,29,30). The number of halogens is 3. The van der Waals surface area contributed by atoms with Crippen LogP contribution in [0.3, 0.4) is 0 Å². The summed E-state index contributed by atoms with van der Waals surface area (Å²) >= 11 is 2.37. The lowest BCUT2D eigenvalue weighted by atomic mass is 10.0. The number of benzene rings is 2. The van der Waals surface area contributed by atoms with Crippen molar-refractivity contribution in [1.29, 1.82) is 0 Å². The molecule has 0 saturated carbocycles. The number of rotatable bonds is 7. The summed E-state index contributed by atoms with van der Waals surface area (Å²) in [6.07, 6.45) is -1.27. The van der Waals surface area contributed by atoms with Crippen molar-refractivity contribution in [2.45, 2.75) is 23.6 Å². The second kappa shape index (κ2) is 10.3. The summed E-state index contributed by atoms with van der Waals surface area (Å²) in [5.74, 6) is 0.873. The molecule has 2 aromatic heterocycles. The minimum atomic E-state index is -4.49. The van der Waals surface area contributed by atoms with Gasteiger partial charge in [0.05, 0.1) is 17.9 Å². The maximum atomic E-state index is 13.4. The Kier molecular flexibility index (Phi) is 7.01. The number of aromatic nitrogens is 2. The highest BCUT2D eigenvalue weighted by atomic mass is 32.2. The van der Waals surface area contributed by atoms with Gasteiger partial charge in [-0.15, -0.1) is 11.3 Å². The monoisotopic (exact) mass is 532 g/mol. The Morgan fingerprint density at radius 1 is 1.11 bits per heavy atom. The SMILES string of the molecule is ON(Nc1nccs1)Sc1ccc2c(c1)OCCC2Oc1ccc(C(F)(F)F)cc1-c1ccccn1. The molecule has 2 N–H and O–H groups in total. The van der Waals surface area contributed by atoms with E-state index in [0.29, 0.717) is 40.2 Å². The number of thiazole rings is 1. The van der Waals surface area contributed by atoms with Gasteiger partial charge < -0.3 is 9.47 Å². The van der Waals surface area contributed by atoms with Gasteiger partial charge in [0, 0.05) is 52.2 Å². The lowest BCUT2D eigenvalue weighted by molar-refractivity contribution is -0.137. The average Bonchev–Trinajstić information content (AvgIpc) is 3.37. The van der Waals surface area contributed by atoms with Crippen molar-refractivity contribution in [1.82, 2.24) is 14.5 Å². The molecule has 2 aromatic carbocycles. The van der Waals surface area contributed by atoms with Crippen LogP contribution in [-0.4, -0.2) is 26.4 Å². The number of nitrogens with one attached hydrogen (secondary N) is 1. The van der Waals surface area contributed by atoms with Gasteiger partial charge in [-0.1, -0.05) is 12.1 Å². The van der Waals surface area contributed by atoms with Gasteiger partial charge in [-0.2, -0.15) is 13.2 Å². The number of pyridine rings is 1. The summed E-state index contributed by atoms with van der Waals surface area (Å²) in [6, 6.07) is 13.8. The largest absolute Gasteiger partial charge is 0.493 e. The highest BCUT2D eigenvalue weighted by molar-refractivity contribution is 7.97. The van der Waals surface area contributed by atoms with E-state index < -0.39 is 17.8 Å². The molecule has 0 aliphatic carbocycles. The van der Waals surface area contributed by atoms with Crippen molar-refractivity contribution in [2.75, 3.05) is 12.0 Å². The van der Waals surface area contributed by atoms with E-state index in [2.05, 4.69) is 15.4 Å². The Bertz CT molecular complexity index is 1320. The molecular formula is C24H19F3N4O3S2. The van der Waals surface area contributed by atoms with Gasteiger partial charge in [-0.25, -0.2) is 4.98 Å². The fourth-order valence-electron chi connectivity index (χ4n) is 3.68. The number of ether oxygens (including phenoxy) is 2. The van der Waals surface area contributed by atoms with Crippen LogP contribution >= 0.6 is 23.3 Å². The van der Waals surface area contributed by atoms with E-state index >= 15 is 0 Å². The van der Waals surface area contributed by atoms with Crippen LogP contribution in [0.1, 0.15) is 23.7 Å². The Morgan fingerprint density at radius 2 is 2.00 bits per heavy atom. The van der Waals surface area contributed by atoms with Gasteiger partial charge >= 0.3 is 6.18 Å². The first-order valence-electron chi connectivity index (χ1n) is 10.8. The van der Waals surface area contributed by atoms with Gasteiger partial charge in [0.15, 0.2) is 5.13 Å². The average molecular weight is 533 g/mol. The molecule has 1 atom stereocenters. The van der Waals surface area contributed by atoms with Crippen molar-refractivity contribution in [3.63, 3.8) is 0 Å². The van der Waals surface area contributed by atoms with E-state index in [-0.39, 0.29) is 5.56 Å². The number of anilines is 1. The second-order valence-corrected chi connectivity index (χ2v) is 9.57. The zero-order valence-corrected chi connectivity index (χ0v) is 20.1. The minimum absolute atomic E-state index is 0.259. The molecule has 0 saturated heterocycles. The summed E-state index contributed by atoms with van der Waals surface area (Å²) in [5.41, 5.74) is 3.36. The van der Waals surface area contributed by atoms with Gasteiger partial charge in [0.1, 0.15) is 17.6 Å². The maximum Gasteiger partial charge on any atom is 0.416 e. The Hall–Kier alpha value is -3.32. The zero-order valence-electron chi connectivity index (χ0n) is 18.5. The van der Waals surface area contributed by atoms with E-state index in [0.717, 1.165) is 34.2 Å². The number of nitrogens with zero attached hydrogens (tertiary/aromatic N) is 3. The van der Waals surface area contributed by atoms with Crippen molar-refractivity contribution in [3.05, 3.63) is 83.5 Å². The number of hydrazine groups is 1. The number of alkyl halides is 3. The predicted molar refractivity (Wildman–Crippen MR) is 130 cm³/mol. The zero-order chi connectivity index (χ0) is 25.1. The summed E-state index contributed by atoms with van der Waals surface area (Å²) in [5, 5.41) is 12.5. The van der Waals surface area contributed by atoms with Gasteiger partial charge in [-0.05, 0) is 47.0 Å². The molecule has 1 aliphatic rings. The van der Waals surface area contributed by atoms with Gasteiger partial charge in [0.25, 0.3) is 0 Å². The van der Waals surface area contributed by atoms with Crippen LogP contribution in [0.2, 0.25) is 0 Å². The molecule has 0 fully saturated rings. The van der Waals surface area contributed by atoms with E-state index in [1.165, 1.54) is 23.6 Å². The summed E-state index contributed by atoms with van der Waals surface area (Å²) in [7, 11) is 0. The number of hydrogen-bond acceptors (Lipinski definition) is 9. The molecule has 7 nitrogen and oxygen atoms in total. The Balaban J connectivity index is 1.39. The first-order valence-corrected chi connectivity index (χ1v) is 12.4. The van der Waals surface area contributed by atoms with Crippen LogP contribution < -0.4 is 14.9 Å². The Labute approximate surface area is 212 Å². The molecule has 3 heterocycles. The molecule has 1 aliphatic heterocycles. The van der Waals surface area contributed by atoms with E-state index in [1.54, 1.807) is 41.9 Å². The molecular weight excluding hydrogens is 513 g/mol. The topological polar surface area (TPSA) is 79.7 Å². The molecule has 1 unspecified atom stereocenters. The molecule has 0 spiro atoms. The third kappa shape index (κ3) is 5.57. The molecule has 4 aromatic rings. The van der Waals surface area contributed by atoms with E-state index in [4.69, 9.17) is 9.47 Å². The van der Waals surface area contributed by atoms with Gasteiger partial charge in [0.2, 0.25) is 0 Å². The molecule has 5 rings (SSSR count). The van der Waals surface area contributed by atoms with Crippen LogP contribution in [0.25, 0.3) is 11.3 Å². The smallest absolute Gasteiger partial charge is 0.416 e. The quantitative estimate of drug-likeness (QED) is 0.198. The second-order valence-electron chi connectivity index (χ2n) is 7.68. The molecule has 0 amide bonds. The third-order valence-electron chi connectivity index (χ3n) is 5.30. The first-order chi connectivity index (χ1) is 17.4. The normalized spacial score (nSPS) is 15.3. The lowest BCUT2D eigenvalue weighted by Crippen LogP contribution is -2.20. The van der Waals surface area contributed by atoms with Crippen molar-refractivity contribution in [3.8, 4) is 22.8 Å². The van der Waals surface area contributed by atoms with Crippen LogP contribution in [0.5, 0.6) is 11.5 Å². The molecule has 186 valence electrons. The van der Waals surface area contributed by atoms with E-state index in [9.17, 15) is 18.4 Å². The van der Waals surface area contributed by atoms with Crippen LogP contribution in [-0.2, 0) is 6.18 Å². The maximum absolute atomic E-state index is 13.4. The summed E-state index contributed by atoms with van der Waals surface area (Å²) in [4.78, 5) is 8.97. The van der Waals surface area contributed by atoms with Crippen LogP contribution in [0, 0.1) is 0 Å². The fraction of sp³-hybridized carbons (Fsp3) is 0.167. The van der Waals surface area contributed by atoms with Crippen molar-refractivity contribution < 1.29 is 27.9 Å². The highest BCUT2D eigenvalue weighted by Crippen LogP contribution is 2.42. The Morgan fingerprint density at radius 3 is 2.75 bits per heavy atom. The molecule has 36 heavy (non-hydrogen) atoms. The lowest BCUT2D eigenvalue weighted by Gasteiger charge is -2.28. The molecule has 0 bridgehead atoms. The number of fused-ring (bicyclic) bond motifs is 1. The molecule has 0 radical (unpaired) electrons. The van der Waals surface area contributed by atoms with Crippen LogP contribution in [0.15, 0.2) is 77.3 Å². The highest BCUT2D eigenvalue weighted by Gasteiger charge is 2.32. The minimum Gasteiger partial charge on any atom is -0.493 e. The van der Waals surface area contributed by atoms with E-state index in [1.807, 2.05) is 6.07 Å². The summed E-state index contributed by atoms with van der Waals surface area (Å²) < 4.78 is 53.1. The first kappa shape index (κ1) is 24.4. The van der Waals surface area contributed by atoms with Crippen molar-refractivity contribution in [2.24, 2.45) is 0 Å².